The van der Waals surface area contributed by atoms with E-state index in [1.165, 1.54) is 11.3 Å². The van der Waals surface area contributed by atoms with Crippen LogP contribution >= 0.6 is 0 Å². The average Bonchev–Trinajstić information content (AvgIpc) is 2.56. The summed E-state index contributed by atoms with van der Waals surface area (Å²) in [5, 5.41) is 3.39. The van der Waals surface area contributed by atoms with E-state index in [9.17, 15) is 9.59 Å². The van der Waals surface area contributed by atoms with Crippen LogP contribution in [-0.4, -0.2) is 34.3 Å². The van der Waals surface area contributed by atoms with Crippen LogP contribution in [0.1, 0.15) is 59.3 Å². The number of imide groups is 1. The van der Waals surface area contributed by atoms with Gasteiger partial charge in [0.25, 0.3) is 0 Å². The summed E-state index contributed by atoms with van der Waals surface area (Å²) in [4.78, 5) is 25.8. The van der Waals surface area contributed by atoms with E-state index in [-0.39, 0.29) is 29.4 Å². The Morgan fingerprint density at radius 2 is 1.94 bits per heavy atom. The summed E-state index contributed by atoms with van der Waals surface area (Å²) in [6, 6.07) is -0.214. The van der Waals surface area contributed by atoms with Crippen molar-refractivity contribution in [2.45, 2.75) is 76.9 Å². The molecule has 0 aromatic heterocycles. The molecule has 2 rings (SSSR count). The summed E-state index contributed by atoms with van der Waals surface area (Å²) >= 11 is 0. The predicted octanol–water partition coefficient (Wildman–Crippen LogP) is 1.83. The molecule has 0 radical (unpaired) electrons. The van der Waals surface area contributed by atoms with E-state index in [4.69, 9.17) is 0 Å². The molecule has 1 aliphatic heterocycles. The van der Waals surface area contributed by atoms with Gasteiger partial charge in [0.1, 0.15) is 0 Å². The molecule has 1 saturated heterocycles. The Kier molecular flexibility index (Phi) is 3.76. The Morgan fingerprint density at radius 3 is 2.39 bits per heavy atom. The average molecular weight is 252 g/mol. The van der Waals surface area contributed by atoms with Gasteiger partial charge in [0, 0.05) is 11.6 Å². The van der Waals surface area contributed by atoms with Crippen LogP contribution in [0.3, 0.4) is 0 Å². The van der Waals surface area contributed by atoms with Gasteiger partial charge in [-0.1, -0.05) is 13.8 Å². The van der Waals surface area contributed by atoms with Crippen molar-refractivity contribution in [1.82, 2.24) is 10.2 Å². The topological polar surface area (TPSA) is 49.4 Å². The minimum Gasteiger partial charge on any atom is -0.300 e. The van der Waals surface area contributed by atoms with E-state index in [2.05, 4.69) is 12.2 Å². The van der Waals surface area contributed by atoms with E-state index in [1.807, 2.05) is 13.8 Å². The largest absolute Gasteiger partial charge is 0.300 e. The minimum absolute atomic E-state index is 0.00544. The number of amides is 2. The molecule has 0 aromatic carbocycles. The Morgan fingerprint density at radius 1 is 1.33 bits per heavy atom. The van der Waals surface area contributed by atoms with Crippen LogP contribution in [0.2, 0.25) is 0 Å². The monoisotopic (exact) mass is 252 g/mol. The normalized spacial score (nSPS) is 26.9. The fraction of sp³-hybridized carbons (Fsp3) is 0.857. The highest BCUT2D eigenvalue weighted by Gasteiger charge is 2.45. The van der Waals surface area contributed by atoms with Crippen molar-refractivity contribution in [2.75, 3.05) is 0 Å². The second kappa shape index (κ2) is 5.00. The fourth-order valence-corrected chi connectivity index (χ4v) is 3.07. The van der Waals surface area contributed by atoms with Crippen molar-refractivity contribution < 1.29 is 9.59 Å². The summed E-state index contributed by atoms with van der Waals surface area (Å²) < 4.78 is 0. The van der Waals surface area contributed by atoms with E-state index < -0.39 is 0 Å². The Bertz CT molecular complexity index is 346. The van der Waals surface area contributed by atoms with Crippen molar-refractivity contribution in [3.05, 3.63) is 0 Å². The highest BCUT2D eigenvalue weighted by molar-refractivity contribution is 6.05. The summed E-state index contributed by atoms with van der Waals surface area (Å²) in [6.45, 7) is 6.21. The molecule has 102 valence electrons. The smallest absolute Gasteiger partial charge is 0.247 e. The van der Waals surface area contributed by atoms with E-state index in [0.717, 1.165) is 25.7 Å². The van der Waals surface area contributed by atoms with E-state index >= 15 is 0 Å². The number of rotatable bonds is 5. The standard InChI is InChI=1S/C14H24N2O2/c1-4-10(5-2)16-12(17)9-11(13(16)18)15-14(3)7-6-8-14/h10-11,15H,4-9H2,1-3H3. The molecule has 1 N–H and O–H groups in total. The Labute approximate surface area is 109 Å². The first kappa shape index (κ1) is 13.5. The second-order valence-corrected chi connectivity index (χ2v) is 5.89. The van der Waals surface area contributed by atoms with Gasteiger partial charge in [-0.2, -0.15) is 0 Å². The van der Waals surface area contributed by atoms with Gasteiger partial charge in [0.2, 0.25) is 11.8 Å². The van der Waals surface area contributed by atoms with E-state index in [1.54, 1.807) is 0 Å². The zero-order chi connectivity index (χ0) is 13.3. The number of likely N-dealkylation sites (tertiary alicyclic amines) is 1. The maximum atomic E-state index is 12.3. The summed E-state index contributed by atoms with van der Waals surface area (Å²) in [5.41, 5.74) is 0.0740. The summed E-state index contributed by atoms with van der Waals surface area (Å²) in [5.74, 6) is -0.0176. The summed E-state index contributed by atoms with van der Waals surface area (Å²) in [7, 11) is 0. The Hall–Kier alpha value is -0.900. The zero-order valence-electron chi connectivity index (χ0n) is 11.7. The molecule has 1 saturated carbocycles. The van der Waals surface area contributed by atoms with Gasteiger partial charge in [-0.3, -0.25) is 14.5 Å². The number of nitrogens with zero attached hydrogens (tertiary/aromatic N) is 1. The fourth-order valence-electron chi connectivity index (χ4n) is 3.07. The molecule has 1 unspecified atom stereocenters. The number of hydrogen-bond donors (Lipinski definition) is 1. The minimum atomic E-state index is -0.289. The van der Waals surface area contributed by atoms with Crippen molar-refractivity contribution in [3.63, 3.8) is 0 Å². The molecule has 1 heterocycles. The molecule has 4 nitrogen and oxygen atoms in total. The zero-order valence-corrected chi connectivity index (χ0v) is 11.7. The van der Waals surface area contributed by atoms with Gasteiger partial charge in [-0.25, -0.2) is 0 Å². The lowest BCUT2D eigenvalue weighted by molar-refractivity contribution is -0.142. The number of hydrogen-bond acceptors (Lipinski definition) is 3. The van der Waals surface area contributed by atoms with Gasteiger partial charge in [0.15, 0.2) is 0 Å². The third-order valence-corrected chi connectivity index (χ3v) is 4.47. The van der Waals surface area contributed by atoms with Crippen LogP contribution in [0.5, 0.6) is 0 Å². The van der Waals surface area contributed by atoms with Crippen LogP contribution in [0, 0.1) is 0 Å². The number of nitrogens with one attached hydrogen (secondary N) is 1. The van der Waals surface area contributed by atoms with Gasteiger partial charge in [-0.15, -0.1) is 0 Å². The molecule has 0 bridgehead atoms. The van der Waals surface area contributed by atoms with Gasteiger partial charge in [-0.05, 0) is 39.0 Å². The van der Waals surface area contributed by atoms with Crippen LogP contribution in [-0.2, 0) is 9.59 Å². The SMILES string of the molecule is CCC(CC)N1C(=O)CC(NC2(C)CCC2)C1=O. The quantitative estimate of drug-likeness (QED) is 0.759. The molecule has 2 aliphatic rings. The van der Waals surface area contributed by atoms with Crippen molar-refractivity contribution in [3.8, 4) is 0 Å². The van der Waals surface area contributed by atoms with Crippen LogP contribution in [0.4, 0.5) is 0 Å². The molecule has 2 fully saturated rings. The lowest BCUT2D eigenvalue weighted by atomic mass is 9.78. The first-order valence-electron chi connectivity index (χ1n) is 7.14. The first-order valence-corrected chi connectivity index (χ1v) is 7.14. The molecule has 1 atom stereocenters. The molecular weight excluding hydrogens is 228 g/mol. The molecule has 18 heavy (non-hydrogen) atoms. The lowest BCUT2D eigenvalue weighted by Gasteiger charge is -2.41. The van der Waals surface area contributed by atoms with Crippen molar-refractivity contribution >= 4 is 11.8 Å². The first-order chi connectivity index (χ1) is 8.50. The molecular formula is C14H24N2O2. The maximum absolute atomic E-state index is 12.3. The van der Waals surface area contributed by atoms with Crippen LogP contribution < -0.4 is 5.32 Å². The third-order valence-electron chi connectivity index (χ3n) is 4.47. The molecule has 1 aliphatic carbocycles. The van der Waals surface area contributed by atoms with Crippen LogP contribution in [0.25, 0.3) is 0 Å². The molecule has 4 heteroatoms. The molecule has 0 spiro atoms. The lowest BCUT2D eigenvalue weighted by Crippen LogP contribution is -2.55. The van der Waals surface area contributed by atoms with Crippen molar-refractivity contribution in [2.24, 2.45) is 0 Å². The number of carbonyl (C=O) groups excluding carboxylic acids is 2. The summed E-state index contributed by atoms with van der Waals surface area (Å²) in [6.07, 6.45) is 5.46. The highest BCUT2D eigenvalue weighted by atomic mass is 16.2. The van der Waals surface area contributed by atoms with Gasteiger partial charge < -0.3 is 5.32 Å². The molecule has 0 aromatic rings. The maximum Gasteiger partial charge on any atom is 0.247 e. The van der Waals surface area contributed by atoms with Crippen LogP contribution in [0.15, 0.2) is 0 Å². The highest BCUT2D eigenvalue weighted by Crippen LogP contribution is 2.33. The van der Waals surface area contributed by atoms with Crippen molar-refractivity contribution in [1.29, 1.82) is 0 Å². The van der Waals surface area contributed by atoms with Gasteiger partial charge >= 0.3 is 0 Å². The predicted molar refractivity (Wildman–Crippen MR) is 70.0 cm³/mol. The second-order valence-electron chi connectivity index (χ2n) is 5.89. The van der Waals surface area contributed by atoms with Gasteiger partial charge in [0.05, 0.1) is 12.5 Å². The molecule has 2 amide bonds. The van der Waals surface area contributed by atoms with E-state index in [0.29, 0.717) is 6.42 Å². The third kappa shape index (κ3) is 2.30. The Balaban J connectivity index is 2.04. The number of carbonyl (C=O) groups is 2.